The Morgan fingerprint density at radius 1 is 0.926 bits per heavy atom. The van der Waals surface area contributed by atoms with Crippen LogP contribution in [0.1, 0.15) is 5.56 Å². The lowest BCUT2D eigenvalue weighted by Gasteiger charge is -2.13. The molecule has 3 aromatic carbocycles. The van der Waals surface area contributed by atoms with Gasteiger partial charge in [-0.3, -0.25) is 0 Å². The summed E-state index contributed by atoms with van der Waals surface area (Å²) in [6, 6.07) is 18.8. The molecule has 5 heteroatoms. The fourth-order valence-electron chi connectivity index (χ4n) is 3.32. The molecule has 0 aliphatic heterocycles. The SMILES string of the molecule is COc1ccc(-c2c(C#N)c(=O)oc3c2ccc2ccccc23)cc1OC. The number of methoxy groups -OCH3 is 2. The lowest BCUT2D eigenvalue weighted by atomic mass is 9.95. The van der Waals surface area contributed by atoms with Gasteiger partial charge in [0.15, 0.2) is 11.5 Å². The molecule has 0 unspecified atom stereocenters. The van der Waals surface area contributed by atoms with Gasteiger partial charge in [-0.1, -0.05) is 36.4 Å². The molecule has 1 heterocycles. The Morgan fingerprint density at radius 3 is 2.44 bits per heavy atom. The highest BCUT2D eigenvalue weighted by Gasteiger charge is 2.19. The quantitative estimate of drug-likeness (QED) is 0.399. The van der Waals surface area contributed by atoms with E-state index < -0.39 is 5.63 Å². The van der Waals surface area contributed by atoms with Crippen LogP contribution in [0.2, 0.25) is 0 Å². The van der Waals surface area contributed by atoms with E-state index in [0.717, 1.165) is 10.8 Å². The third kappa shape index (κ3) is 2.59. The number of nitriles is 1. The number of rotatable bonds is 3. The highest BCUT2D eigenvalue weighted by Crippen LogP contribution is 2.38. The van der Waals surface area contributed by atoms with Gasteiger partial charge < -0.3 is 13.9 Å². The minimum Gasteiger partial charge on any atom is -0.493 e. The fraction of sp³-hybridized carbons (Fsp3) is 0.0909. The zero-order valence-corrected chi connectivity index (χ0v) is 14.8. The second kappa shape index (κ2) is 6.50. The molecule has 5 nitrogen and oxygen atoms in total. The van der Waals surface area contributed by atoms with Gasteiger partial charge in [0.25, 0.3) is 0 Å². The van der Waals surface area contributed by atoms with Crippen molar-refractivity contribution in [1.29, 1.82) is 5.26 Å². The van der Waals surface area contributed by atoms with E-state index >= 15 is 0 Å². The highest BCUT2D eigenvalue weighted by molar-refractivity contribution is 6.09. The Labute approximate surface area is 155 Å². The Hall–Kier alpha value is -3.78. The van der Waals surface area contributed by atoms with Gasteiger partial charge in [0.1, 0.15) is 17.2 Å². The smallest absolute Gasteiger partial charge is 0.354 e. The van der Waals surface area contributed by atoms with Crippen LogP contribution in [0.25, 0.3) is 32.9 Å². The Balaban J connectivity index is 2.15. The summed E-state index contributed by atoms with van der Waals surface area (Å²) in [5, 5.41) is 12.1. The first kappa shape index (κ1) is 16.7. The largest absolute Gasteiger partial charge is 0.493 e. The first-order valence-corrected chi connectivity index (χ1v) is 8.29. The van der Waals surface area contributed by atoms with Crippen LogP contribution in [0.15, 0.2) is 63.8 Å². The van der Waals surface area contributed by atoms with Gasteiger partial charge in [-0.05, 0) is 29.1 Å². The molecule has 0 aliphatic rings. The second-order valence-electron chi connectivity index (χ2n) is 5.98. The van der Waals surface area contributed by atoms with Crippen LogP contribution in [-0.4, -0.2) is 14.2 Å². The Bertz CT molecular complexity index is 1280. The maximum absolute atomic E-state index is 12.5. The van der Waals surface area contributed by atoms with E-state index in [4.69, 9.17) is 13.9 Å². The Morgan fingerprint density at radius 2 is 1.70 bits per heavy atom. The minimum atomic E-state index is -0.661. The molecule has 4 aromatic rings. The fourth-order valence-corrected chi connectivity index (χ4v) is 3.32. The summed E-state index contributed by atoms with van der Waals surface area (Å²) in [6.07, 6.45) is 0. The molecule has 1 aromatic heterocycles. The topological polar surface area (TPSA) is 72.5 Å². The third-order valence-electron chi connectivity index (χ3n) is 4.58. The average Bonchev–Trinajstić information content (AvgIpc) is 2.72. The van der Waals surface area contributed by atoms with E-state index in [0.29, 0.717) is 33.6 Å². The molecule has 132 valence electrons. The van der Waals surface area contributed by atoms with Gasteiger partial charge in [-0.2, -0.15) is 5.26 Å². The van der Waals surface area contributed by atoms with Gasteiger partial charge in [-0.25, -0.2) is 4.79 Å². The van der Waals surface area contributed by atoms with Crippen molar-refractivity contribution >= 4 is 21.7 Å². The summed E-state index contributed by atoms with van der Waals surface area (Å²) < 4.78 is 16.2. The summed E-state index contributed by atoms with van der Waals surface area (Å²) in [5.74, 6) is 1.08. The molecule has 0 radical (unpaired) electrons. The lowest BCUT2D eigenvalue weighted by Crippen LogP contribution is -2.07. The first-order valence-electron chi connectivity index (χ1n) is 8.29. The maximum Gasteiger partial charge on any atom is 0.354 e. The van der Waals surface area contributed by atoms with Crippen molar-refractivity contribution in [3.05, 3.63) is 70.6 Å². The maximum atomic E-state index is 12.5. The van der Waals surface area contributed by atoms with E-state index in [2.05, 4.69) is 0 Å². The molecule has 0 atom stereocenters. The van der Waals surface area contributed by atoms with Gasteiger partial charge in [-0.15, -0.1) is 0 Å². The van der Waals surface area contributed by atoms with E-state index in [1.165, 1.54) is 7.11 Å². The summed E-state index contributed by atoms with van der Waals surface area (Å²) in [5.41, 5.74) is 0.964. The van der Waals surface area contributed by atoms with Crippen LogP contribution in [0, 0.1) is 11.3 Å². The summed E-state index contributed by atoms with van der Waals surface area (Å²) in [4.78, 5) is 12.5. The summed E-state index contributed by atoms with van der Waals surface area (Å²) in [6.45, 7) is 0. The van der Waals surface area contributed by atoms with Crippen LogP contribution in [0.4, 0.5) is 0 Å². The molecule has 0 N–H and O–H groups in total. The molecular formula is C22H15NO4. The normalized spacial score (nSPS) is 10.7. The van der Waals surface area contributed by atoms with Gasteiger partial charge in [0.05, 0.1) is 14.2 Å². The van der Waals surface area contributed by atoms with Crippen molar-refractivity contribution < 1.29 is 13.9 Å². The summed E-state index contributed by atoms with van der Waals surface area (Å²) >= 11 is 0. The average molecular weight is 357 g/mol. The molecule has 0 aliphatic carbocycles. The van der Waals surface area contributed by atoms with Crippen molar-refractivity contribution in [2.75, 3.05) is 14.2 Å². The number of ether oxygens (including phenoxy) is 2. The van der Waals surface area contributed by atoms with Crippen LogP contribution in [0.5, 0.6) is 11.5 Å². The second-order valence-corrected chi connectivity index (χ2v) is 5.98. The van der Waals surface area contributed by atoms with Crippen LogP contribution in [0.3, 0.4) is 0 Å². The van der Waals surface area contributed by atoms with Crippen LogP contribution in [-0.2, 0) is 0 Å². The molecule has 0 saturated heterocycles. The zero-order chi connectivity index (χ0) is 19.0. The molecule has 4 rings (SSSR count). The number of benzene rings is 3. The first-order chi connectivity index (χ1) is 13.2. The molecule has 0 saturated carbocycles. The number of hydrogen-bond donors (Lipinski definition) is 0. The lowest BCUT2D eigenvalue weighted by molar-refractivity contribution is 0.355. The molecule has 0 amide bonds. The van der Waals surface area contributed by atoms with E-state index in [1.54, 1.807) is 25.3 Å². The predicted octanol–water partition coefficient (Wildman–Crippen LogP) is 4.50. The molecule has 0 bridgehead atoms. The van der Waals surface area contributed by atoms with Crippen molar-refractivity contribution in [3.63, 3.8) is 0 Å². The molecule has 0 fully saturated rings. The van der Waals surface area contributed by atoms with E-state index in [-0.39, 0.29) is 5.56 Å². The van der Waals surface area contributed by atoms with E-state index in [1.807, 2.05) is 42.5 Å². The molecule has 27 heavy (non-hydrogen) atoms. The van der Waals surface area contributed by atoms with Crippen molar-refractivity contribution in [2.24, 2.45) is 0 Å². The molecule has 0 spiro atoms. The standard InChI is InChI=1S/C22H15NO4/c1-25-18-10-8-14(11-19(18)26-2)20-16-9-7-13-5-3-4-6-15(13)21(16)27-22(24)17(20)12-23/h3-11H,1-2H3. The highest BCUT2D eigenvalue weighted by atomic mass is 16.5. The third-order valence-corrected chi connectivity index (χ3v) is 4.58. The van der Waals surface area contributed by atoms with Crippen molar-refractivity contribution in [2.45, 2.75) is 0 Å². The zero-order valence-electron chi connectivity index (χ0n) is 14.8. The number of fused-ring (bicyclic) bond motifs is 3. The van der Waals surface area contributed by atoms with Gasteiger partial charge >= 0.3 is 5.63 Å². The Kier molecular flexibility index (Phi) is 4.02. The number of hydrogen-bond acceptors (Lipinski definition) is 5. The van der Waals surface area contributed by atoms with Gasteiger partial charge in [0, 0.05) is 16.3 Å². The predicted molar refractivity (Wildman–Crippen MR) is 103 cm³/mol. The van der Waals surface area contributed by atoms with Crippen LogP contribution >= 0.6 is 0 Å². The van der Waals surface area contributed by atoms with Crippen LogP contribution < -0.4 is 15.1 Å². The van der Waals surface area contributed by atoms with Gasteiger partial charge in [0.2, 0.25) is 0 Å². The molecular weight excluding hydrogens is 342 g/mol. The van der Waals surface area contributed by atoms with Crippen molar-refractivity contribution in [1.82, 2.24) is 0 Å². The number of nitrogens with zero attached hydrogens (tertiary/aromatic N) is 1. The van der Waals surface area contributed by atoms with E-state index in [9.17, 15) is 10.1 Å². The monoisotopic (exact) mass is 357 g/mol. The summed E-state index contributed by atoms with van der Waals surface area (Å²) in [7, 11) is 3.09. The minimum absolute atomic E-state index is 0.0370. The van der Waals surface area contributed by atoms with Crippen molar-refractivity contribution in [3.8, 4) is 28.7 Å².